The van der Waals surface area contributed by atoms with Crippen LogP contribution in [0.3, 0.4) is 0 Å². The Morgan fingerprint density at radius 1 is 1.00 bits per heavy atom. The van der Waals surface area contributed by atoms with Crippen LogP contribution in [0.2, 0.25) is 0 Å². The molecule has 0 saturated carbocycles. The monoisotopic (exact) mass is 369 g/mol. The fraction of sp³-hybridized carbons (Fsp3) is 0.125. The van der Waals surface area contributed by atoms with E-state index in [1.54, 1.807) is 0 Å². The molecule has 25 heavy (non-hydrogen) atoms. The van der Waals surface area contributed by atoms with Crippen LogP contribution in [0.4, 0.5) is 8.78 Å². The van der Waals surface area contributed by atoms with E-state index in [1.807, 2.05) is 4.72 Å². The summed E-state index contributed by atoms with van der Waals surface area (Å²) in [4.78, 5) is 22.7. The molecule has 0 aliphatic carbocycles. The first kappa shape index (κ1) is 18.7. The highest BCUT2D eigenvalue weighted by molar-refractivity contribution is 7.89. The summed E-state index contributed by atoms with van der Waals surface area (Å²) in [7, 11) is -4.23. The average Bonchev–Trinajstić information content (AvgIpc) is 2.59. The number of nitrogens with one attached hydrogen (secondary N) is 1. The standard InChI is InChI=1S/C16H13F2NO5S/c17-12-7-5-11(6-8-12)14(20)10-24-16(21)9-19-25(22,23)15-4-2-1-3-13(15)18/h1-8,19H,9-10H2. The van der Waals surface area contributed by atoms with Crippen molar-refractivity contribution in [1.29, 1.82) is 0 Å². The quantitative estimate of drug-likeness (QED) is 0.592. The number of benzene rings is 2. The second-order valence-corrected chi connectivity index (χ2v) is 6.58. The summed E-state index contributed by atoms with van der Waals surface area (Å²) >= 11 is 0. The van der Waals surface area contributed by atoms with Crippen molar-refractivity contribution in [2.24, 2.45) is 0 Å². The Hall–Kier alpha value is -2.65. The van der Waals surface area contributed by atoms with Crippen LogP contribution in [-0.4, -0.2) is 33.3 Å². The number of ether oxygens (including phenoxy) is 1. The second kappa shape index (κ2) is 7.95. The van der Waals surface area contributed by atoms with Crippen molar-refractivity contribution >= 4 is 21.8 Å². The van der Waals surface area contributed by atoms with Crippen LogP contribution >= 0.6 is 0 Å². The molecular weight excluding hydrogens is 356 g/mol. The fourth-order valence-electron chi connectivity index (χ4n) is 1.81. The second-order valence-electron chi connectivity index (χ2n) is 4.85. The van der Waals surface area contributed by atoms with Crippen molar-refractivity contribution < 1.29 is 31.5 Å². The molecule has 0 radical (unpaired) electrons. The first-order valence-electron chi connectivity index (χ1n) is 6.98. The normalized spacial score (nSPS) is 11.1. The molecule has 0 heterocycles. The first-order chi connectivity index (χ1) is 11.8. The maximum Gasteiger partial charge on any atom is 0.321 e. The molecule has 0 amide bonds. The van der Waals surface area contributed by atoms with Crippen molar-refractivity contribution in [2.75, 3.05) is 13.2 Å². The summed E-state index contributed by atoms with van der Waals surface area (Å²) in [6.45, 7) is -1.40. The number of esters is 1. The zero-order chi connectivity index (χ0) is 18.4. The van der Waals surface area contributed by atoms with Crippen LogP contribution in [0.25, 0.3) is 0 Å². The first-order valence-corrected chi connectivity index (χ1v) is 8.46. The number of hydrogen-bond donors (Lipinski definition) is 1. The van der Waals surface area contributed by atoms with Gasteiger partial charge in [-0.3, -0.25) is 9.59 Å². The minimum absolute atomic E-state index is 0.140. The SMILES string of the molecule is O=C(CNS(=O)(=O)c1ccccc1F)OCC(=O)c1ccc(F)cc1. The van der Waals surface area contributed by atoms with Gasteiger partial charge in [-0.25, -0.2) is 17.2 Å². The van der Waals surface area contributed by atoms with Gasteiger partial charge in [0.25, 0.3) is 0 Å². The number of carbonyl (C=O) groups is 2. The Kier molecular flexibility index (Phi) is 5.94. The highest BCUT2D eigenvalue weighted by atomic mass is 32.2. The van der Waals surface area contributed by atoms with E-state index in [-0.39, 0.29) is 5.56 Å². The molecule has 9 heteroatoms. The van der Waals surface area contributed by atoms with E-state index in [2.05, 4.69) is 4.74 Å². The van der Waals surface area contributed by atoms with Gasteiger partial charge in [-0.2, -0.15) is 4.72 Å². The van der Waals surface area contributed by atoms with Gasteiger partial charge < -0.3 is 4.74 Å². The van der Waals surface area contributed by atoms with Crippen molar-refractivity contribution in [3.8, 4) is 0 Å². The van der Waals surface area contributed by atoms with Gasteiger partial charge in [0, 0.05) is 5.56 Å². The van der Waals surface area contributed by atoms with Crippen molar-refractivity contribution in [2.45, 2.75) is 4.90 Å². The molecule has 0 aliphatic rings. The topological polar surface area (TPSA) is 89.5 Å². The lowest BCUT2D eigenvalue weighted by Crippen LogP contribution is -2.32. The van der Waals surface area contributed by atoms with Crippen molar-refractivity contribution in [1.82, 2.24) is 4.72 Å². The minimum atomic E-state index is -4.23. The third kappa shape index (κ3) is 5.16. The van der Waals surface area contributed by atoms with Crippen LogP contribution in [0.15, 0.2) is 53.4 Å². The summed E-state index contributed by atoms with van der Waals surface area (Å²) < 4.78 is 56.5. The number of ketones is 1. The Bertz CT molecular complexity index is 882. The summed E-state index contributed by atoms with van der Waals surface area (Å²) in [5.74, 6) is -3.08. The number of rotatable bonds is 7. The number of hydrogen-bond acceptors (Lipinski definition) is 5. The summed E-state index contributed by atoms with van der Waals surface area (Å²) in [6, 6.07) is 9.28. The number of sulfonamides is 1. The number of carbonyl (C=O) groups excluding carboxylic acids is 2. The predicted octanol–water partition coefficient (Wildman–Crippen LogP) is 1.67. The van der Waals surface area contributed by atoms with Crippen LogP contribution < -0.4 is 4.72 Å². The molecule has 132 valence electrons. The lowest BCUT2D eigenvalue weighted by atomic mass is 10.1. The molecule has 6 nitrogen and oxygen atoms in total. The van der Waals surface area contributed by atoms with E-state index in [1.165, 1.54) is 24.3 Å². The zero-order valence-electron chi connectivity index (χ0n) is 12.7. The molecule has 0 fully saturated rings. The van der Waals surface area contributed by atoms with E-state index in [4.69, 9.17) is 0 Å². The highest BCUT2D eigenvalue weighted by Gasteiger charge is 2.20. The Labute approximate surface area is 142 Å². The Morgan fingerprint density at radius 2 is 1.64 bits per heavy atom. The van der Waals surface area contributed by atoms with Gasteiger partial charge in [-0.05, 0) is 36.4 Å². The van der Waals surface area contributed by atoms with E-state index >= 15 is 0 Å². The van der Waals surface area contributed by atoms with Crippen LogP contribution in [0.5, 0.6) is 0 Å². The smallest absolute Gasteiger partial charge is 0.321 e. The van der Waals surface area contributed by atoms with Crippen LogP contribution in [-0.2, 0) is 19.6 Å². The van der Waals surface area contributed by atoms with Gasteiger partial charge in [-0.1, -0.05) is 12.1 Å². The molecule has 0 spiro atoms. The van der Waals surface area contributed by atoms with E-state index in [9.17, 15) is 26.8 Å². The van der Waals surface area contributed by atoms with Crippen LogP contribution in [0, 0.1) is 11.6 Å². The summed E-state index contributed by atoms with van der Waals surface area (Å²) in [6.07, 6.45) is 0. The molecule has 0 atom stereocenters. The lowest BCUT2D eigenvalue weighted by molar-refractivity contribution is -0.141. The molecular formula is C16H13F2NO5S. The predicted molar refractivity (Wildman–Crippen MR) is 83.3 cm³/mol. The van der Waals surface area contributed by atoms with E-state index in [0.29, 0.717) is 0 Å². The van der Waals surface area contributed by atoms with Crippen molar-refractivity contribution in [3.63, 3.8) is 0 Å². The maximum atomic E-state index is 13.5. The molecule has 0 unspecified atom stereocenters. The zero-order valence-corrected chi connectivity index (χ0v) is 13.6. The van der Waals surface area contributed by atoms with Crippen molar-refractivity contribution in [3.05, 3.63) is 65.7 Å². The van der Waals surface area contributed by atoms with E-state index < -0.39 is 51.5 Å². The number of halogens is 2. The van der Waals surface area contributed by atoms with Gasteiger partial charge in [0.15, 0.2) is 12.4 Å². The van der Waals surface area contributed by atoms with Gasteiger partial charge in [-0.15, -0.1) is 0 Å². The summed E-state index contributed by atoms with van der Waals surface area (Å²) in [5, 5.41) is 0. The summed E-state index contributed by atoms with van der Waals surface area (Å²) in [5.41, 5.74) is 0.140. The molecule has 2 rings (SSSR count). The van der Waals surface area contributed by atoms with E-state index in [0.717, 1.165) is 24.3 Å². The Balaban J connectivity index is 1.87. The molecule has 1 N–H and O–H groups in total. The minimum Gasteiger partial charge on any atom is -0.456 e. The molecule has 0 aromatic heterocycles. The molecule has 0 bridgehead atoms. The van der Waals surface area contributed by atoms with Gasteiger partial charge in [0.2, 0.25) is 10.0 Å². The van der Waals surface area contributed by atoms with Gasteiger partial charge >= 0.3 is 5.97 Å². The van der Waals surface area contributed by atoms with Gasteiger partial charge in [0.05, 0.1) is 0 Å². The average molecular weight is 369 g/mol. The fourth-order valence-corrected chi connectivity index (χ4v) is 2.86. The van der Waals surface area contributed by atoms with Gasteiger partial charge in [0.1, 0.15) is 23.1 Å². The molecule has 0 aliphatic heterocycles. The Morgan fingerprint density at radius 3 is 2.28 bits per heavy atom. The highest BCUT2D eigenvalue weighted by Crippen LogP contribution is 2.12. The third-order valence-corrected chi connectivity index (χ3v) is 4.50. The molecule has 0 saturated heterocycles. The largest absolute Gasteiger partial charge is 0.456 e. The maximum absolute atomic E-state index is 13.5. The third-order valence-electron chi connectivity index (χ3n) is 3.06. The molecule has 2 aromatic rings. The lowest BCUT2D eigenvalue weighted by Gasteiger charge is -2.08. The van der Waals surface area contributed by atoms with Crippen LogP contribution in [0.1, 0.15) is 10.4 Å². The number of Topliss-reactive ketones (excluding diaryl/α,β-unsaturated/α-hetero) is 1. The molecule has 2 aromatic carbocycles.